The minimum absolute atomic E-state index is 0.0352. The van der Waals surface area contributed by atoms with Crippen molar-refractivity contribution in [3.05, 3.63) is 0 Å². The van der Waals surface area contributed by atoms with E-state index in [0.717, 1.165) is 0 Å². The maximum Gasteiger partial charge on any atom is 0.325 e. The zero-order chi connectivity index (χ0) is 16.0. The molecule has 1 rings (SSSR count). The molecular weight excluding hydrogens is 276 g/mol. The van der Waals surface area contributed by atoms with Gasteiger partial charge >= 0.3 is 18.0 Å². The van der Waals surface area contributed by atoms with E-state index in [9.17, 15) is 14.4 Å². The lowest BCUT2D eigenvalue weighted by atomic mass is 9.86. The summed E-state index contributed by atoms with van der Waals surface area (Å²) in [5.41, 5.74) is 0. The van der Waals surface area contributed by atoms with E-state index in [4.69, 9.17) is 5.11 Å². The van der Waals surface area contributed by atoms with Gasteiger partial charge in [-0.05, 0) is 39.5 Å². The van der Waals surface area contributed by atoms with Crippen molar-refractivity contribution >= 4 is 18.0 Å². The summed E-state index contributed by atoms with van der Waals surface area (Å²) in [6, 6.07) is -0.472. The molecule has 7 heteroatoms. The third-order valence-electron chi connectivity index (χ3n) is 3.82. The highest BCUT2D eigenvalue weighted by molar-refractivity contribution is 5.81. The number of nitrogens with zero attached hydrogens (tertiary/aromatic N) is 1. The van der Waals surface area contributed by atoms with Crippen molar-refractivity contribution in [1.29, 1.82) is 0 Å². The fourth-order valence-corrected chi connectivity index (χ4v) is 2.43. The molecule has 2 amide bonds. The molecule has 1 saturated carbocycles. The summed E-state index contributed by atoms with van der Waals surface area (Å²) in [6.07, 6.45) is 2.43. The summed E-state index contributed by atoms with van der Waals surface area (Å²) in [5.74, 6) is -1.54. The van der Waals surface area contributed by atoms with Crippen LogP contribution in [-0.4, -0.2) is 53.7 Å². The number of rotatable bonds is 5. The average Bonchev–Trinajstić information content (AvgIpc) is 2.44. The largest absolute Gasteiger partial charge is 0.481 e. The van der Waals surface area contributed by atoms with Gasteiger partial charge in [-0.2, -0.15) is 0 Å². The predicted molar refractivity (Wildman–Crippen MR) is 75.8 cm³/mol. The molecule has 0 radical (unpaired) electrons. The van der Waals surface area contributed by atoms with Crippen molar-refractivity contribution in [1.82, 2.24) is 10.2 Å². The van der Waals surface area contributed by atoms with Crippen molar-refractivity contribution in [2.24, 2.45) is 5.92 Å². The lowest BCUT2D eigenvalue weighted by Gasteiger charge is -2.31. The molecule has 21 heavy (non-hydrogen) atoms. The van der Waals surface area contributed by atoms with Crippen LogP contribution in [0, 0.1) is 5.92 Å². The Labute approximate surface area is 124 Å². The highest BCUT2D eigenvalue weighted by Crippen LogP contribution is 2.24. The molecule has 0 unspecified atom stereocenters. The molecule has 1 fully saturated rings. The molecule has 0 saturated heterocycles. The number of carboxylic acid groups (broad SMARTS) is 1. The van der Waals surface area contributed by atoms with Crippen LogP contribution in [0.2, 0.25) is 0 Å². The Bertz CT molecular complexity index is 389. The standard InChI is InChI=1S/C14H24N2O5/c1-9(2)16(8-12(17)21-3)14(20)15-11-6-4-10(5-7-11)13(18)19/h9-11H,4-8H2,1-3H3,(H,15,20)(H,18,19). The van der Waals surface area contributed by atoms with Gasteiger partial charge in [-0.15, -0.1) is 0 Å². The number of urea groups is 1. The van der Waals surface area contributed by atoms with Crippen molar-refractivity contribution in [2.75, 3.05) is 13.7 Å². The first-order valence-corrected chi connectivity index (χ1v) is 7.21. The van der Waals surface area contributed by atoms with Crippen molar-refractivity contribution < 1.29 is 24.2 Å². The van der Waals surface area contributed by atoms with E-state index in [1.165, 1.54) is 12.0 Å². The number of amides is 2. The van der Waals surface area contributed by atoms with Crippen LogP contribution in [0.3, 0.4) is 0 Å². The van der Waals surface area contributed by atoms with E-state index >= 15 is 0 Å². The summed E-state index contributed by atoms with van der Waals surface area (Å²) < 4.78 is 4.59. The second-order valence-electron chi connectivity index (χ2n) is 5.63. The molecule has 2 N–H and O–H groups in total. The molecule has 0 aromatic rings. The maximum atomic E-state index is 12.2. The maximum absolute atomic E-state index is 12.2. The highest BCUT2D eigenvalue weighted by Gasteiger charge is 2.28. The highest BCUT2D eigenvalue weighted by atomic mass is 16.5. The molecule has 0 atom stereocenters. The van der Waals surface area contributed by atoms with Crippen LogP contribution in [0.4, 0.5) is 4.79 Å². The number of esters is 1. The lowest BCUT2D eigenvalue weighted by molar-refractivity contribution is -0.143. The molecule has 0 heterocycles. The third kappa shape index (κ3) is 5.24. The van der Waals surface area contributed by atoms with Gasteiger partial charge in [-0.3, -0.25) is 9.59 Å². The molecule has 7 nitrogen and oxygen atoms in total. The summed E-state index contributed by atoms with van der Waals surface area (Å²) in [5, 5.41) is 11.8. The van der Waals surface area contributed by atoms with Crippen LogP contribution in [0.25, 0.3) is 0 Å². The minimum Gasteiger partial charge on any atom is -0.481 e. The summed E-state index contributed by atoms with van der Waals surface area (Å²) in [4.78, 5) is 35.8. The van der Waals surface area contributed by atoms with Gasteiger partial charge in [0.2, 0.25) is 0 Å². The number of methoxy groups -OCH3 is 1. The smallest absolute Gasteiger partial charge is 0.325 e. The Balaban J connectivity index is 2.51. The first-order chi connectivity index (χ1) is 9.85. The summed E-state index contributed by atoms with van der Waals surface area (Å²) >= 11 is 0. The normalized spacial score (nSPS) is 21.7. The van der Waals surface area contributed by atoms with Crippen LogP contribution in [0.5, 0.6) is 0 Å². The number of carbonyl (C=O) groups excluding carboxylic acids is 2. The Kier molecular flexibility index (Phi) is 6.45. The van der Waals surface area contributed by atoms with Crippen LogP contribution in [-0.2, 0) is 14.3 Å². The topological polar surface area (TPSA) is 95.9 Å². The quantitative estimate of drug-likeness (QED) is 0.744. The first kappa shape index (κ1) is 17.3. The number of hydrogen-bond acceptors (Lipinski definition) is 4. The number of nitrogens with one attached hydrogen (secondary N) is 1. The number of ether oxygens (including phenoxy) is 1. The SMILES string of the molecule is COC(=O)CN(C(=O)NC1CCC(C(=O)O)CC1)C(C)C. The number of carboxylic acids is 1. The summed E-state index contributed by atoms with van der Waals surface area (Å²) in [7, 11) is 1.28. The predicted octanol–water partition coefficient (Wildman–Crippen LogP) is 1.22. The lowest BCUT2D eigenvalue weighted by Crippen LogP contribution is -2.50. The fraction of sp³-hybridized carbons (Fsp3) is 0.786. The molecule has 1 aliphatic carbocycles. The van der Waals surface area contributed by atoms with Gasteiger partial charge in [-0.1, -0.05) is 0 Å². The average molecular weight is 300 g/mol. The molecular formula is C14H24N2O5. The zero-order valence-corrected chi connectivity index (χ0v) is 12.8. The number of aliphatic carboxylic acids is 1. The molecule has 1 aliphatic rings. The van der Waals surface area contributed by atoms with Crippen LogP contribution in [0.15, 0.2) is 0 Å². The molecule has 120 valence electrons. The number of hydrogen-bond donors (Lipinski definition) is 2. The van der Waals surface area contributed by atoms with E-state index in [1.54, 1.807) is 0 Å². The van der Waals surface area contributed by atoms with Crippen molar-refractivity contribution in [3.8, 4) is 0 Å². The van der Waals surface area contributed by atoms with Crippen molar-refractivity contribution in [2.45, 2.75) is 51.6 Å². The Morgan fingerprint density at radius 1 is 1.24 bits per heavy atom. The fourth-order valence-electron chi connectivity index (χ4n) is 2.43. The van der Waals surface area contributed by atoms with Crippen LogP contribution < -0.4 is 5.32 Å². The molecule has 0 spiro atoms. The van der Waals surface area contributed by atoms with E-state index in [1.807, 2.05) is 13.8 Å². The van der Waals surface area contributed by atoms with Gasteiger partial charge in [0.25, 0.3) is 0 Å². The zero-order valence-electron chi connectivity index (χ0n) is 12.8. The third-order valence-corrected chi connectivity index (χ3v) is 3.82. The number of carbonyl (C=O) groups is 3. The van der Waals surface area contributed by atoms with E-state index in [-0.39, 0.29) is 30.6 Å². The van der Waals surface area contributed by atoms with Gasteiger partial charge in [0.05, 0.1) is 13.0 Å². The molecule has 0 aromatic heterocycles. The molecule has 0 aromatic carbocycles. The van der Waals surface area contributed by atoms with Gasteiger partial charge in [0.1, 0.15) is 6.54 Å². The molecule has 0 bridgehead atoms. The minimum atomic E-state index is -0.769. The van der Waals surface area contributed by atoms with Crippen molar-refractivity contribution in [3.63, 3.8) is 0 Å². The van der Waals surface area contributed by atoms with Crippen LogP contribution in [0.1, 0.15) is 39.5 Å². The van der Waals surface area contributed by atoms with E-state index in [0.29, 0.717) is 25.7 Å². The Morgan fingerprint density at radius 3 is 2.24 bits per heavy atom. The van der Waals surface area contributed by atoms with Gasteiger partial charge < -0.3 is 20.1 Å². The van der Waals surface area contributed by atoms with E-state index in [2.05, 4.69) is 10.1 Å². The van der Waals surface area contributed by atoms with E-state index < -0.39 is 11.9 Å². The second kappa shape index (κ2) is 7.85. The Hall–Kier alpha value is -1.79. The molecule has 0 aliphatic heterocycles. The van der Waals surface area contributed by atoms with Gasteiger partial charge in [0, 0.05) is 12.1 Å². The summed E-state index contributed by atoms with van der Waals surface area (Å²) in [6.45, 7) is 3.55. The van der Waals surface area contributed by atoms with Crippen LogP contribution >= 0.6 is 0 Å². The monoisotopic (exact) mass is 300 g/mol. The van der Waals surface area contributed by atoms with Gasteiger partial charge in [0.15, 0.2) is 0 Å². The second-order valence-corrected chi connectivity index (χ2v) is 5.63. The Morgan fingerprint density at radius 2 is 1.81 bits per heavy atom. The van der Waals surface area contributed by atoms with Gasteiger partial charge in [-0.25, -0.2) is 4.79 Å². The first-order valence-electron chi connectivity index (χ1n) is 7.21.